The number of rotatable bonds is 13. The van der Waals surface area contributed by atoms with Crippen LogP contribution in [-0.2, 0) is 9.59 Å². The van der Waals surface area contributed by atoms with E-state index in [1.54, 1.807) is 84.9 Å². The normalized spacial score (nSPS) is 11.5. The van der Waals surface area contributed by atoms with Gasteiger partial charge in [0.15, 0.2) is 17.3 Å². The molecule has 0 heterocycles. The van der Waals surface area contributed by atoms with Crippen LogP contribution in [0.15, 0.2) is 138 Å². The lowest BCUT2D eigenvalue weighted by Crippen LogP contribution is -2.30. The lowest BCUT2D eigenvalue weighted by atomic mass is 10.1. The van der Waals surface area contributed by atoms with Gasteiger partial charge in [-0.05, 0) is 85.3 Å². The van der Waals surface area contributed by atoms with Gasteiger partial charge in [-0.2, -0.15) is 0 Å². The van der Waals surface area contributed by atoms with Crippen molar-refractivity contribution in [1.82, 2.24) is 5.32 Å². The average molecular weight is 686 g/mol. The van der Waals surface area contributed by atoms with E-state index in [0.717, 1.165) is 10.5 Å². The number of carbonyl (C=O) groups excluding carboxylic acids is 4. The highest BCUT2D eigenvalue weighted by molar-refractivity contribution is 8.00. The van der Waals surface area contributed by atoms with Crippen molar-refractivity contribution in [3.8, 4) is 11.5 Å². The Morgan fingerprint density at radius 3 is 1.90 bits per heavy atom. The number of amides is 3. The van der Waals surface area contributed by atoms with E-state index >= 15 is 0 Å². The summed E-state index contributed by atoms with van der Waals surface area (Å²) in [5.41, 5.74) is 3.32. The zero-order valence-electron chi connectivity index (χ0n) is 27.6. The van der Waals surface area contributed by atoms with Crippen LogP contribution in [0.5, 0.6) is 11.5 Å². The highest BCUT2D eigenvalue weighted by atomic mass is 32.2. The number of ketones is 1. The molecule has 0 saturated heterocycles. The number of hydrogen-bond acceptors (Lipinski definition) is 7. The third-order valence-corrected chi connectivity index (χ3v) is 8.79. The summed E-state index contributed by atoms with van der Waals surface area (Å²) >= 11 is 1.35. The van der Waals surface area contributed by atoms with E-state index in [4.69, 9.17) is 9.47 Å². The van der Waals surface area contributed by atoms with Crippen molar-refractivity contribution in [3.63, 3.8) is 0 Å². The van der Waals surface area contributed by atoms with E-state index in [1.165, 1.54) is 39.0 Å². The topological polar surface area (TPSA) is 123 Å². The Hall–Kier alpha value is -6.13. The van der Waals surface area contributed by atoms with Crippen molar-refractivity contribution in [2.45, 2.75) is 17.1 Å². The number of ether oxygens (including phenoxy) is 2. The smallest absolute Gasteiger partial charge is 0.272 e. The van der Waals surface area contributed by atoms with Gasteiger partial charge in [-0.3, -0.25) is 19.2 Å². The molecule has 0 aliphatic rings. The standard InChI is InChI=1S/C40H35N3O6S/c1-26(44)27-17-19-31(20-18-27)42-40(47)37(28-11-6-4-7-12-28)50-33-23-21-32(22-24-33)41-39(46)34(43-38(45)29-13-8-5-9-14-29)25-30-15-10-16-35(48-2)36(30)49-3/h4-25,37H,1-3H3,(H,41,46)(H,42,47)(H,43,45)/b34-25-. The van der Waals surface area contributed by atoms with Crippen molar-refractivity contribution >= 4 is 52.7 Å². The molecule has 3 amide bonds. The molecule has 0 aliphatic heterocycles. The molecule has 0 saturated carbocycles. The molecular weight excluding hydrogens is 651 g/mol. The summed E-state index contributed by atoms with van der Waals surface area (Å²) in [4.78, 5) is 52.8. The zero-order valence-corrected chi connectivity index (χ0v) is 28.5. The predicted molar refractivity (Wildman–Crippen MR) is 197 cm³/mol. The number of benzene rings is 5. The Morgan fingerprint density at radius 1 is 0.660 bits per heavy atom. The molecule has 0 spiro atoms. The van der Waals surface area contributed by atoms with Crippen LogP contribution in [0.1, 0.15) is 44.0 Å². The molecule has 5 rings (SSSR count). The molecule has 252 valence electrons. The first kappa shape index (κ1) is 35.2. The van der Waals surface area contributed by atoms with Gasteiger partial charge >= 0.3 is 0 Å². The minimum Gasteiger partial charge on any atom is -0.493 e. The molecule has 9 nitrogen and oxygen atoms in total. The number of Topliss-reactive ketones (excluding diaryl/α,β-unsaturated/α-hetero) is 1. The van der Waals surface area contributed by atoms with Gasteiger partial charge in [0.05, 0.1) is 14.2 Å². The maximum atomic E-state index is 13.7. The molecule has 3 N–H and O–H groups in total. The third-order valence-electron chi connectivity index (χ3n) is 7.53. The van der Waals surface area contributed by atoms with Crippen LogP contribution in [0.25, 0.3) is 6.08 Å². The number of methoxy groups -OCH3 is 2. The molecule has 5 aromatic rings. The number of thioether (sulfide) groups is 1. The summed E-state index contributed by atoms with van der Waals surface area (Å²) in [7, 11) is 3.01. The molecule has 0 aliphatic carbocycles. The second-order valence-corrected chi connectivity index (χ2v) is 12.1. The van der Waals surface area contributed by atoms with E-state index in [0.29, 0.717) is 39.6 Å². The quantitative estimate of drug-likeness (QED) is 0.0657. The van der Waals surface area contributed by atoms with E-state index in [1.807, 2.05) is 42.5 Å². The fourth-order valence-electron chi connectivity index (χ4n) is 4.97. The Labute approximate surface area is 294 Å². The van der Waals surface area contributed by atoms with Crippen LogP contribution in [-0.4, -0.2) is 37.7 Å². The summed E-state index contributed by atoms with van der Waals surface area (Å²) in [6.07, 6.45) is 1.53. The fourth-order valence-corrected chi connectivity index (χ4v) is 6.00. The molecular formula is C40H35N3O6S. The molecule has 0 fully saturated rings. The fraction of sp³-hybridized carbons (Fsp3) is 0.100. The van der Waals surface area contributed by atoms with Gasteiger partial charge < -0.3 is 25.4 Å². The number of nitrogens with one attached hydrogen (secondary N) is 3. The lowest BCUT2D eigenvalue weighted by Gasteiger charge is -2.18. The predicted octanol–water partition coefficient (Wildman–Crippen LogP) is 7.79. The molecule has 10 heteroatoms. The molecule has 0 aromatic heterocycles. The Bertz CT molecular complexity index is 2000. The van der Waals surface area contributed by atoms with E-state index in [-0.39, 0.29) is 17.4 Å². The van der Waals surface area contributed by atoms with Gasteiger partial charge in [-0.25, -0.2) is 0 Å². The van der Waals surface area contributed by atoms with Gasteiger partial charge in [0.1, 0.15) is 10.9 Å². The highest BCUT2D eigenvalue weighted by Gasteiger charge is 2.23. The van der Waals surface area contributed by atoms with Crippen LogP contribution in [0, 0.1) is 0 Å². The first-order valence-corrected chi connectivity index (χ1v) is 16.5. The number of anilines is 2. The van der Waals surface area contributed by atoms with Crippen molar-refractivity contribution in [3.05, 3.63) is 155 Å². The highest BCUT2D eigenvalue weighted by Crippen LogP contribution is 2.37. The van der Waals surface area contributed by atoms with Crippen LogP contribution in [0.2, 0.25) is 0 Å². The third kappa shape index (κ3) is 9.06. The summed E-state index contributed by atoms with van der Waals surface area (Å²) in [6, 6.07) is 37.1. The minimum atomic E-state index is -0.593. The van der Waals surface area contributed by atoms with Gasteiger partial charge in [0.2, 0.25) is 5.91 Å². The number of hydrogen-bond donors (Lipinski definition) is 3. The average Bonchev–Trinajstić information content (AvgIpc) is 3.14. The SMILES string of the molecule is COc1cccc(/C=C(\NC(=O)c2ccccc2)C(=O)Nc2ccc(SC(C(=O)Nc3ccc(C(C)=O)cc3)c3ccccc3)cc2)c1OC. The van der Waals surface area contributed by atoms with Crippen LogP contribution in [0.3, 0.4) is 0 Å². The van der Waals surface area contributed by atoms with Gasteiger partial charge in [0, 0.05) is 33.0 Å². The van der Waals surface area contributed by atoms with Crippen LogP contribution in [0.4, 0.5) is 11.4 Å². The van der Waals surface area contributed by atoms with E-state index < -0.39 is 17.1 Å². The molecule has 5 aromatic carbocycles. The number of para-hydroxylation sites is 1. The summed E-state index contributed by atoms with van der Waals surface area (Å²) in [6.45, 7) is 1.49. The molecule has 50 heavy (non-hydrogen) atoms. The molecule has 1 unspecified atom stereocenters. The van der Waals surface area contributed by atoms with Gasteiger partial charge in [0.25, 0.3) is 11.8 Å². The molecule has 0 bridgehead atoms. The first-order valence-electron chi connectivity index (χ1n) is 15.6. The van der Waals surface area contributed by atoms with Crippen molar-refractivity contribution in [1.29, 1.82) is 0 Å². The number of carbonyl (C=O) groups is 4. The maximum absolute atomic E-state index is 13.7. The minimum absolute atomic E-state index is 0.0130. The van der Waals surface area contributed by atoms with Gasteiger partial charge in [-0.1, -0.05) is 60.7 Å². The monoisotopic (exact) mass is 685 g/mol. The van der Waals surface area contributed by atoms with Gasteiger partial charge in [-0.15, -0.1) is 11.8 Å². The first-order chi connectivity index (χ1) is 24.2. The van der Waals surface area contributed by atoms with Crippen LogP contribution >= 0.6 is 11.8 Å². The van der Waals surface area contributed by atoms with Crippen molar-refractivity contribution in [2.24, 2.45) is 0 Å². The molecule has 1 atom stereocenters. The Balaban J connectivity index is 1.35. The Kier molecular flexibility index (Phi) is 11.8. The van der Waals surface area contributed by atoms with E-state index in [9.17, 15) is 19.2 Å². The van der Waals surface area contributed by atoms with Crippen molar-refractivity contribution in [2.75, 3.05) is 24.9 Å². The summed E-state index contributed by atoms with van der Waals surface area (Å²) in [5, 5.41) is 7.96. The molecule has 0 radical (unpaired) electrons. The second-order valence-electron chi connectivity index (χ2n) is 11.0. The Morgan fingerprint density at radius 2 is 1.28 bits per heavy atom. The maximum Gasteiger partial charge on any atom is 0.272 e. The zero-order chi connectivity index (χ0) is 35.5. The summed E-state index contributed by atoms with van der Waals surface area (Å²) < 4.78 is 10.9. The largest absolute Gasteiger partial charge is 0.493 e. The van der Waals surface area contributed by atoms with Crippen LogP contribution < -0.4 is 25.4 Å². The second kappa shape index (κ2) is 16.8. The van der Waals surface area contributed by atoms with Crippen molar-refractivity contribution < 1.29 is 28.7 Å². The lowest BCUT2D eigenvalue weighted by molar-refractivity contribution is -0.116. The summed E-state index contributed by atoms with van der Waals surface area (Å²) in [5.74, 6) is -0.428. The van der Waals surface area contributed by atoms with E-state index in [2.05, 4.69) is 16.0 Å².